The molecule has 3 unspecified atom stereocenters. The first-order valence-electron chi connectivity index (χ1n) is 41.2. The van der Waals surface area contributed by atoms with E-state index in [1.165, 1.54) is 205 Å². The summed E-state index contributed by atoms with van der Waals surface area (Å²) < 4.78 is 68.7. The second-order valence-corrected chi connectivity index (χ2v) is 33.6. The third-order valence-electron chi connectivity index (χ3n) is 18.6. The summed E-state index contributed by atoms with van der Waals surface area (Å²) in [5.41, 5.74) is 0. The summed E-state index contributed by atoms with van der Waals surface area (Å²) in [5.74, 6) is 0.953. The molecule has 0 saturated carbocycles. The fraction of sp³-hybridized carbons (Fsp3) is 0.950. The molecule has 0 saturated heterocycles. The van der Waals surface area contributed by atoms with Crippen LogP contribution in [-0.4, -0.2) is 96.7 Å². The molecule has 0 rings (SSSR count). The Bertz CT molecular complexity index is 1940. The lowest BCUT2D eigenvalue weighted by Crippen LogP contribution is -2.30. The van der Waals surface area contributed by atoms with Gasteiger partial charge in [-0.05, 0) is 49.4 Å². The van der Waals surface area contributed by atoms with E-state index < -0.39 is 97.5 Å². The largest absolute Gasteiger partial charge is 0.472 e. The van der Waals surface area contributed by atoms with Crippen molar-refractivity contribution in [1.29, 1.82) is 0 Å². The van der Waals surface area contributed by atoms with E-state index >= 15 is 0 Å². The van der Waals surface area contributed by atoms with Crippen molar-refractivity contribution in [3.05, 3.63) is 0 Å². The van der Waals surface area contributed by atoms with Crippen LogP contribution in [0, 0.1) is 23.7 Å². The minimum atomic E-state index is -4.96. The standard InChI is InChI=1S/C80H156O17P2/c1-70(2)56-48-40-32-25-19-15-11-9-13-17-21-29-37-46-54-62-79(84)96-75(66-90-77(82)60-52-44-36-28-24-23-27-34-42-50-58-72(5)6)68-94-98(86,87)92-64-74(81)65-93-99(88,89)95-69-76(67-91-78(83)61-53-45-39-31-35-43-51-59-73(7)8)97-80(85)63-55-47-38-30-22-18-14-10-12-16-20-26-33-41-49-57-71(3)4/h70-76,81H,9-69H2,1-8H3,(H,86,87)(H,88,89)/t74?,75-,76-/m1/s1. The average molecular weight is 1450 g/mol. The molecule has 5 atom stereocenters. The SMILES string of the molecule is CC(C)CCCCCCCCCCCCCCCCCC(=O)O[C@H](COC(=O)CCCCCCCCCCCCC(C)C)COP(=O)(O)OCC(O)COP(=O)(O)OC[C@@H](COC(=O)CCCCCCCCCC(C)C)OC(=O)CCCCCCCCCCCCCCCCCC(C)C. The fourth-order valence-electron chi connectivity index (χ4n) is 12.3. The molecule has 0 aromatic heterocycles. The van der Waals surface area contributed by atoms with E-state index in [-0.39, 0.29) is 25.7 Å². The van der Waals surface area contributed by atoms with Crippen LogP contribution in [0.2, 0.25) is 0 Å². The van der Waals surface area contributed by atoms with Crippen LogP contribution in [0.5, 0.6) is 0 Å². The molecule has 0 fully saturated rings. The van der Waals surface area contributed by atoms with E-state index in [9.17, 15) is 43.2 Å². The van der Waals surface area contributed by atoms with Gasteiger partial charge in [-0.3, -0.25) is 37.3 Å². The van der Waals surface area contributed by atoms with Gasteiger partial charge in [0, 0.05) is 25.7 Å². The molecule has 0 heterocycles. The maximum Gasteiger partial charge on any atom is 0.472 e. The van der Waals surface area contributed by atoms with Gasteiger partial charge in [0.15, 0.2) is 12.2 Å². The number of phosphoric acid groups is 2. The zero-order valence-corrected chi connectivity index (χ0v) is 66.9. The Hall–Kier alpha value is -1.94. The zero-order chi connectivity index (χ0) is 73.1. The number of hydrogen-bond acceptors (Lipinski definition) is 15. The molecule has 0 bridgehead atoms. The Morgan fingerprint density at radius 1 is 0.253 bits per heavy atom. The topological polar surface area (TPSA) is 237 Å². The van der Waals surface area contributed by atoms with Crippen LogP contribution in [0.1, 0.15) is 409 Å². The third-order valence-corrected chi connectivity index (χ3v) is 20.5. The number of aliphatic hydroxyl groups excluding tert-OH is 1. The summed E-state index contributed by atoms with van der Waals surface area (Å²) >= 11 is 0. The van der Waals surface area contributed by atoms with Gasteiger partial charge >= 0.3 is 39.5 Å². The molecule has 0 spiro atoms. The van der Waals surface area contributed by atoms with Crippen molar-refractivity contribution in [2.24, 2.45) is 23.7 Å². The second kappa shape index (κ2) is 69.1. The van der Waals surface area contributed by atoms with Gasteiger partial charge in [0.2, 0.25) is 0 Å². The molecular formula is C80H156O17P2. The first kappa shape index (κ1) is 97.1. The number of aliphatic hydroxyl groups is 1. The molecule has 0 aliphatic rings. The molecule has 0 aromatic carbocycles. The Balaban J connectivity index is 5.23. The summed E-state index contributed by atoms with van der Waals surface area (Å²) in [5, 5.41) is 10.6. The molecule has 0 amide bonds. The number of rotatable bonds is 77. The lowest BCUT2D eigenvalue weighted by molar-refractivity contribution is -0.161. The average Bonchev–Trinajstić information content (AvgIpc) is 0.956. The predicted octanol–water partition coefficient (Wildman–Crippen LogP) is 23.6. The minimum Gasteiger partial charge on any atom is -0.462 e. The van der Waals surface area contributed by atoms with Gasteiger partial charge in [-0.1, -0.05) is 357 Å². The number of carbonyl (C=O) groups excluding carboxylic acids is 4. The Morgan fingerprint density at radius 2 is 0.424 bits per heavy atom. The molecule has 0 aliphatic heterocycles. The van der Waals surface area contributed by atoms with Crippen molar-refractivity contribution in [3.63, 3.8) is 0 Å². The van der Waals surface area contributed by atoms with Crippen LogP contribution in [0.3, 0.4) is 0 Å². The van der Waals surface area contributed by atoms with E-state index in [2.05, 4.69) is 55.4 Å². The molecular weight excluding hydrogens is 1290 g/mol. The lowest BCUT2D eigenvalue weighted by Gasteiger charge is -2.21. The van der Waals surface area contributed by atoms with E-state index in [0.29, 0.717) is 31.6 Å². The number of carbonyl (C=O) groups is 4. The summed E-state index contributed by atoms with van der Waals surface area (Å²) in [6.07, 6.45) is 55.6. The van der Waals surface area contributed by atoms with E-state index in [4.69, 9.17) is 37.0 Å². The van der Waals surface area contributed by atoms with Gasteiger partial charge in [-0.15, -0.1) is 0 Å². The van der Waals surface area contributed by atoms with Crippen LogP contribution in [-0.2, 0) is 65.4 Å². The number of phosphoric ester groups is 2. The third kappa shape index (κ3) is 74.1. The summed E-state index contributed by atoms with van der Waals surface area (Å²) in [6.45, 7) is 14.2. The van der Waals surface area contributed by atoms with Gasteiger partial charge in [0.1, 0.15) is 19.3 Å². The van der Waals surface area contributed by atoms with Crippen LogP contribution >= 0.6 is 15.6 Å². The Kier molecular flexibility index (Phi) is 67.8. The van der Waals surface area contributed by atoms with Crippen molar-refractivity contribution < 1.29 is 80.2 Å². The van der Waals surface area contributed by atoms with Crippen molar-refractivity contribution >= 4 is 39.5 Å². The van der Waals surface area contributed by atoms with Crippen molar-refractivity contribution in [3.8, 4) is 0 Å². The van der Waals surface area contributed by atoms with Gasteiger partial charge in [0.25, 0.3) is 0 Å². The number of ether oxygens (including phenoxy) is 4. The van der Waals surface area contributed by atoms with Gasteiger partial charge in [0.05, 0.1) is 26.4 Å². The first-order valence-corrected chi connectivity index (χ1v) is 44.2. The van der Waals surface area contributed by atoms with Crippen molar-refractivity contribution in [1.82, 2.24) is 0 Å². The van der Waals surface area contributed by atoms with Crippen LogP contribution in [0.25, 0.3) is 0 Å². The Morgan fingerprint density at radius 3 is 0.626 bits per heavy atom. The number of hydrogen-bond donors (Lipinski definition) is 3. The fourth-order valence-corrected chi connectivity index (χ4v) is 13.8. The summed E-state index contributed by atoms with van der Waals surface area (Å²) in [4.78, 5) is 73.0. The summed E-state index contributed by atoms with van der Waals surface area (Å²) in [7, 11) is -9.92. The van der Waals surface area contributed by atoms with Crippen molar-refractivity contribution in [2.45, 2.75) is 427 Å². The highest BCUT2D eigenvalue weighted by Gasteiger charge is 2.30. The molecule has 99 heavy (non-hydrogen) atoms. The predicted molar refractivity (Wildman–Crippen MR) is 404 cm³/mol. The Labute approximate surface area is 607 Å². The second-order valence-electron chi connectivity index (χ2n) is 30.7. The zero-order valence-electron chi connectivity index (χ0n) is 65.1. The van der Waals surface area contributed by atoms with E-state index in [1.807, 2.05) is 0 Å². The first-order chi connectivity index (χ1) is 47.6. The minimum absolute atomic E-state index is 0.107. The van der Waals surface area contributed by atoms with Crippen LogP contribution in [0.4, 0.5) is 0 Å². The van der Waals surface area contributed by atoms with E-state index in [1.54, 1.807) is 0 Å². The smallest absolute Gasteiger partial charge is 0.462 e. The monoisotopic (exact) mass is 1450 g/mol. The number of unbranched alkanes of at least 4 members (excludes halogenated alkanes) is 43. The maximum atomic E-state index is 13.1. The highest BCUT2D eigenvalue weighted by molar-refractivity contribution is 7.47. The van der Waals surface area contributed by atoms with Gasteiger partial charge in [-0.2, -0.15) is 0 Å². The summed E-state index contributed by atoms with van der Waals surface area (Å²) in [6, 6.07) is 0. The quantitative estimate of drug-likeness (QED) is 0.0222. The molecule has 17 nitrogen and oxygen atoms in total. The lowest BCUT2D eigenvalue weighted by atomic mass is 10.0. The highest BCUT2D eigenvalue weighted by atomic mass is 31.2. The van der Waals surface area contributed by atoms with Crippen LogP contribution in [0.15, 0.2) is 0 Å². The maximum absolute atomic E-state index is 13.1. The van der Waals surface area contributed by atoms with Crippen LogP contribution < -0.4 is 0 Å². The normalized spacial score (nSPS) is 14.1. The molecule has 0 aliphatic carbocycles. The van der Waals surface area contributed by atoms with Gasteiger partial charge in [-0.25, -0.2) is 9.13 Å². The highest BCUT2D eigenvalue weighted by Crippen LogP contribution is 2.45. The van der Waals surface area contributed by atoms with Gasteiger partial charge < -0.3 is 33.8 Å². The number of esters is 4. The molecule has 0 radical (unpaired) electrons. The van der Waals surface area contributed by atoms with Crippen molar-refractivity contribution in [2.75, 3.05) is 39.6 Å². The molecule has 588 valence electrons. The van der Waals surface area contributed by atoms with E-state index in [0.717, 1.165) is 114 Å². The molecule has 19 heteroatoms. The molecule has 0 aromatic rings. The molecule has 3 N–H and O–H groups in total.